The quantitative estimate of drug-likeness (QED) is 0.643. The minimum Gasteiger partial charge on any atom is -0.490 e. The van der Waals surface area contributed by atoms with Gasteiger partial charge in [0.05, 0.1) is 27.3 Å². The van der Waals surface area contributed by atoms with E-state index in [9.17, 15) is 13.4 Å². The van der Waals surface area contributed by atoms with Crippen LogP contribution in [0.2, 0.25) is 15.1 Å². The maximum absolute atomic E-state index is 14.3. The van der Waals surface area contributed by atoms with E-state index in [-0.39, 0.29) is 29.0 Å². The van der Waals surface area contributed by atoms with Crippen molar-refractivity contribution in [3.8, 4) is 5.75 Å². The summed E-state index contributed by atoms with van der Waals surface area (Å²) in [5.41, 5.74) is 0.562. The second-order valence-electron chi connectivity index (χ2n) is 6.54. The lowest BCUT2D eigenvalue weighted by atomic mass is 10.2. The van der Waals surface area contributed by atoms with Crippen molar-refractivity contribution in [1.29, 1.82) is 0 Å². The van der Waals surface area contributed by atoms with Gasteiger partial charge in [0.2, 0.25) is 0 Å². The molecule has 3 rings (SSSR count). The number of amides is 1. The molecule has 0 saturated carbocycles. The van der Waals surface area contributed by atoms with E-state index < -0.39 is 22.7 Å². The number of hydrogen-bond acceptors (Lipinski definition) is 4. The number of nitrogens with zero attached hydrogens (tertiary/aromatic N) is 1. The zero-order valence-corrected chi connectivity index (χ0v) is 18.5. The second kappa shape index (κ2) is 9.51. The van der Waals surface area contributed by atoms with Crippen LogP contribution in [-0.4, -0.2) is 35.6 Å². The molecule has 1 fully saturated rings. The summed E-state index contributed by atoms with van der Waals surface area (Å²) in [6, 6.07) is 7.58. The van der Waals surface area contributed by atoms with Crippen molar-refractivity contribution in [3.63, 3.8) is 0 Å². The monoisotopic (exact) mass is 478 g/mol. The van der Waals surface area contributed by atoms with E-state index >= 15 is 0 Å². The molecule has 2 unspecified atom stereocenters. The molecule has 2 atom stereocenters. The van der Waals surface area contributed by atoms with Crippen LogP contribution in [0.1, 0.15) is 23.2 Å². The Morgan fingerprint density at radius 2 is 2.03 bits per heavy atom. The number of carbonyl (C=O) groups excluding carboxylic acids is 1. The van der Waals surface area contributed by atoms with Crippen molar-refractivity contribution >= 4 is 57.4 Å². The van der Waals surface area contributed by atoms with Gasteiger partial charge < -0.3 is 9.64 Å². The molecule has 0 radical (unpaired) electrons. The predicted octanol–water partition coefficient (Wildman–Crippen LogP) is 4.86. The summed E-state index contributed by atoms with van der Waals surface area (Å²) in [4.78, 5) is 14.0. The smallest absolute Gasteiger partial charge is 0.265 e. The second-order valence-corrected chi connectivity index (χ2v) is 8.91. The standard InChI is InChI=1S/C19H18Cl3FN2O3S/c1-29(27)24-19(26)13-8-15(22)18(9-16(13)23)28-10-12-3-2-6-25(12)17-5-4-11(20)7-14(17)21/h4-5,7-9,12H,2-3,6,10H2,1H3,(H,24,26). The first-order valence-electron chi connectivity index (χ1n) is 8.74. The zero-order chi connectivity index (χ0) is 21.1. The number of benzene rings is 2. The van der Waals surface area contributed by atoms with Crippen molar-refractivity contribution < 1.29 is 18.1 Å². The lowest BCUT2D eigenvalue weighted by molar-refractivity contribution is 0.0979. The van der Waals surface area contributed by atoms with Crippen LogP contribution in [0.5, 0.6) is 5.75 Å². The first-order valence-corrected chi connectivity index (χ1v) is 11.4. The van der Waals surface area contributed by atoms with Crippen molar-refractivity contribution in [2.24, 2.45) is 0 Å². The summed E-state index contributed by atoms with van der Waals surface area (Å²) in [7, 11) is -1.61. The molecule has 5 nitrogen and oxygen atoms in total. The van der Waals surface area contributed by atoms with Crippen LogP contribution in [0.15, 0.2) is 30.3 Å². The third-order valence-corrected chi connectivity index (χ3v) is 5.84. The van der Waals surface area contributed by atoms with E-state index in [2.05, 4.69) is 9.62 Å². The third kappa shape index (κ3) is 5.34. The Hall–Kier alpha value is -1.54. The van der Waals surface area contributed by atoms with Crippen molar-refractivity contribution in [1.82, 2.24) is 4.72 Å². The lowest BCUT2D eigenvalue weighted by Crippen LogP contribution is -2.34. The third-order valence-electron chi connectivity index (χ3n) is 4.53. The summed E-state index contributed by atoms with van der Waals surface area (Å²) in [6.45, 7) is 1.08. The number of carbonyl (C=O) groups is 1. The van der Waals surface area contributed by atoms with E-state index in [0.717, 1.165) is 37.2 Å². The van der Waals surface area contributed by atoms with Crippen LogP contribution >= 0.6 is 34.8 Å². The number of halogens is 4. The molecular formula is C19H18Cl3FN2O3S. The average molecular weight is 480 g/mol. The number of rotatable bonds is 6. The molecule has 1 N–H and O–H groups in total. The molecule has 1 amide bonds. The minimum absolute atomic E-state index is 0.0262. The van der Waals surface area contributed by atoms with Gasteiger partial charge >= 0.3 is 0 Å². The number of anilines is 1. The molecule has 2 aromatic rings. The Balaban J connectivity index is 1.72. The van der Waals surface area contributed by atoms with E-state index in [1.807, 2.05) is 6.07 Å². The van der Waals surface area contributed by atoms with Crippen LogP contribution < -0.4 is 14.4 Å². The van der Waals surface area contributed by atoms with Crippen molar-refractivity contribution in [2.45, 2.75) is 18.9 Å². The molecule has 0 spiro atoms. The van der Waals surface area contributed by atoms with Gasteiger partial charge in [0.1, 0.15) is 29.2 Å². The highest BCUT2D eigenvalue weighted by atomic mass is 35.5. The summed E-state index contributed by atoms with van der Waals surface area (Å²) < 4.78 is 33.3. The van der Waals surface area contributed by atoms with Crippen LogP contribution in [0.4, 0.5) is 10.1 Å². The van der Waals surface area contributed by atoms with Crippen LogP contribution in [-0.2, 0) is 11.0 Å². The number of hydrogen-bond donors (Lipinski definition) is 1. The first-order chi connectivity index (χ1) is 13.8. The first kappa shape index (κ1) is 22.2. The van der Waals surface area contributed by atoms with Gasteiger partial charge in [-0.15, -0.1) is 0 Å². The normalized spacial score (nSPS) is 17.3. The number of ether oxygens (including phenoxy) is 1. The van der Waals surface area contributed by atoms with Gasteiger partial charge in [0.15, 0.2) is 0 Å². The molecule has 156 valence electrons. The van der Waals surface area contributed by atoms with Crippen LogP contribution in [0.3, 0.4) is 0 Å². The van der Waals surface area contributed by atoms with E-state index in [1.165, 1.54) is 6.26 Å². The fraction of sp³-hybridized carbons (Fsp3) is 0.316. The van der Waals surface area contributed by atoms with Crippen molar-refractivity contribution in [2.75, 3.05) is 24.3 Å². The number of nitrogens with one attached hydrogen (secondary N) is 1. The van der Waals surface area contributed by atoms with Gasteiger partial charge in [-0.3, -0.25) is 9.52 Å². The minimum atomic E-state index is -1.61. The molecular weight excluding hydrogens is 462 g/mol. The Bertz CT molecular complexity index is 961. The highest BCUT2D eigenvalue weighted by Crippen LogP contribution is 2.35. The van der Waals surface area contributed by atoms with Crippen molar-refractivity contribution in [3.05, 3.63) is 56.8 Å². The highest BCUT2D eigenvalue weighted by Gasteiger charge is 2.27. The molecule has 1 aliphatic rings. The summed E-state index contributed by atoms with van der Waals surface area (Å²) in [5, 5.41) is 1.20. The molecule has 29 heavy (non-hydrogen) atoms. The molecule has 1 aliphatic heterocycles. The zero-order valence-electron chi connectivity index (χ0n) is 15.4. The Morgan fingerprint density at radius 1 is 1.28 bits per heavy atom. The van der Waals surface area contributed by atoms with Gasteiger partial charge in [0, 0.05) is 23.9 Å². The van der Waals surface area contributed by atoms with Crippen LogP contribution in [0, 0.1) is 5.82 Å². The molecule has 0 aliphatic carbocycles. The molecule has 0 aromatic heterocycles. The SMILES string of the molecule is CS(=O)NC(=O)c1cc(Cl)c(OCC2CCCN2c2ccc(Cl)cc2Cl)cc1F. The molecule has 1 heterocycles. The predicted molar refractivity (Wildman–Crippen MR) is 115 cm³/mol. The Kier molecular flexibility index (Phi) is 7.27. The van der Waals surface area contributed by atoms with E-state index in [4.69, 9.17) is 39.5 Å². The Morgan fingerprint density at radius 3 is 2.72 bits per heavy atom. The van der Waals surface area contributed by atoms with Crippen LogP contribution in [0.25, 0.3) is 0 Å². The van der Waals surface area contributed by atoms with Gasteiger partial charge in [0.25, 0.3) is 5.91 Å². The maximum atomic E-state index is 14.3. The van der Waals surface area contributed by atoms with Gasteiger partial charge in [-0.2, -0.15) is 0 Å². The van der Waals surface area contributed by atoms with Gasteiger partial charge in [-0.25, -0.2) is 8.60 Å². The molecule has 1 saturated heterocycles. The fourth-order valence-electron chi connectivity index (χ4n) is 3.23. The topological polar surface area (TPSA) is 58.6 Å². The molecule has 2 aromatic carbocycles. The maximum Gasteiger partial charge on any atom is 0.265 e. The summed E-state index contributed by atoms with van der Waals surface area (Å²) in [5.74, 6) is -1.49. The largest absolute Gasteiger partial charge is 0.490 e. The van der Waals surface area contributed by atoms with E-state index in [1.54, 1.807) is 12.1 Å². The molecule has 0 bridgehead atoms. The van der Waals surface area contributed by atoms with Gasteiger partial charge in [-0.1, -0.05) is 34.8 Å². The van der Waals surface area contributed by atoms with Gasteiger partial charge in [-0.05, 0) is 37.1 Å². The van der Waals surface area contributed by atoms with E-state index in [0.29, 0.717) is 10.0 Å². The fourth-order valence-corrected chi connectivity index (χ4v) is 4.33. The Labute approximate surface area is 185 Å². The lowest BCUT2D eigenvalue weighted by Gasteiger charge is -2.28. The summed E-state index contributed by atoms with van der Waals surface area (Å²) in [6.07, 6.45) is 3.11. The summed E-state index contributed by atoms with van der Waals surface area (Å²) >= 11 is 18.5. The molecule has 10 heteroatoms. The highest BCUT2D eigenvalue weighted by molar-refractivity contribution is 7.82. The average Bonchev–Trinajstić information content (AvgIpc) is 3.09.